The molecule has 0 atom stereocenters. The van der Waals surface area contributed by atoms with E-state index in [4.69, 9.17) is 9.84 Å². The number of carbonyl (C=O) groups is 1. The second-order valence-electron chi connectivity index (χ2n) is 5.30. The van der Waals surface area contributed by atoms with Crippen LogP contribution in [0.1, 0.15) is 15.9 Å². The van der Waals surface area contributed by atoms with Crippen LogP contribution in [0.15, 0.2) is 53.5 Å². The monoisotopic (exact) mass is 310 g/mol. The predicted molar refractivity (Wildman–Crippen MR) is 90.1 cm³/mol. The van der Waals surface area contributed by atoms with Crippen molar-refractivity contribution in [2.45, 2.75) is 0 Å². The van der Waals surface area contributed by atoms with Gasteiger partial charge in [0, 0.05) is 25.0 Å². The fraction of sp³-hybridized carbons (Fsp3) is 0.222. The highest BCUT2D eigenvalue weighted by atomic mass is 16.5. The zero-order valence-electron chi connectivity index (χ0n) is 12.7. The first-order valence-electron chi connectivity index (χ1n) is 7.52. The molecular weight excluding hydrogens is 292 g/mol. The molecule has 0 aromatic heterocycles. The van der Waals surface area contributed by atoms with E-state index >= 15 is 0 Å². The van der Waals surface area contributed by atoms with Crippen molar-refractivity contribution in [1.82, 2.24) is 0 Å². The van der Waals surface area contributed by atoms with Gasteiger partial charge in [0.1, 0.15) is 0 Å². The molecule has 3 rings (SSSR count). The van der Waals surface area contributed by atoms with Crippen molar-refractivity contribution in [3.05, 3.63) is 59.7 Å². The molecule has 0 aliphatic carbocycles. The van der Waals surface area contributed by atoms with Crippen LogP contribution < -0.4 is 4.90 Å². The molecule has 2 aromatic carbocycles. The van der Waals surface area contributed by atoms with E-state index in [1.807, 2.05) is 12.1 Å². The smallest absolute Gasteiger partial charge is 0.335 e. The Morgan fingerprint density at radius 1 is 1.04 bits per heavy atom. The number of nitrogens with zero attached hydrogens (tertiary/aromatic N) is 2. The number of hydrogen-bond acceptors (Lipinski definition) is 4. The Kier molecular flexibility index (Phi) is 4.68. The Morgan fingerprint density at radius 2 is 1.70 bits per heavy atom. The van der Waals surface area contributed by atoms with E-state index in [1.54, 1.807) is 30.5 Å². The summed E-state index contributed by atoms with van der Waals surface area (Å²) in [6.45, 7) is 3.37. The molecule has 1 saturated heterocycles. The minimum atomic E-state index is -0.924. The van der Waals surface area contributed by atoms with Gasteiger partial charge in [-0.25, -0.2) is 4.79 Å². The minimum absolute atomic E-state index is 0.275. The minimum Gasteiger partial charge on any atom is -0.478 e. The molecule has 5 nitrogen and oxygen atoms in total. The first-order valence-corrected chi connectivity index (χ1v) is 7.52. The Balaban J connectivity index is 1.66. The Morgan fingerprint density at radius 3 is 2.30 bits per heavy atom. The number of anilines is 1. The van der Waals surface area contributed by atoms with E-state index in [9.17, 15) is 4.79 Å². The molecule has 0 amide bonds. The molecule has 1 fully saturated rings. The molecule has 2 aromatic rings. The number of aliphatic imine (C=N–C) groups is 1. The topological polar surface area (TPSA) is 62.1 Å². The molecule has 1 aliphatic rings. The van der Waals surface area contributed by atoms with Crippen LogP contribution in [-0.4, -0.2) is 43.6 Å². The van der Waals surface area contributed by atoms with Gasteiger partial charge in [-0.05, 0) is 42.0 Å². The summed E-state index contributed by atoms with van der Waals surface area (Å²) in [6.07, 6.45) is 1.73. The summed E-state index contributed by atoms with van der Waals surface area (Å²) >= 11 is 0. The lowest BCUT2D eigenvalue weighted by atomic mass is 10.1. The number of carboxylic acids is 1. The van der Waals surface area contributed by atoms with Crippen LogP contribution in [0.4, 0.5) is 11.4 Å². The van der Waals surface area contributed by atoms with Gasteiger partial charge in [0.2, 0.25) is 0 Å². The predicted octanol–water partition coefficient (Wildman–Crippen LogP) is 2.97. The molecule has 0 unspecified atom stereocenters. The summed E-state index contributed by atoms with van der Waals surface area (Å²) in [7, 11) is 0. The highest BCUT2D eigenvalue weighted by Gasteiger charge is 2.10. The first kappa shape index (κ1) is 15.2. The van der Waals surface area contributed by atoms with Crippen LogP contribution in [0.25, 0.3) is 0 Å². The van der Waals surface area contributed by atoms with Crippen molar-refractivity contribution < 1.29 is 14.6 Å². The largest absolute Gasteiger partial charge is 0.478 e. The number of hydrogen-bond donors (Lipinski definition) is 1. The van der Waals surface area contributed by atoms with Crippen LogP contribution >= 0.6 is 0 Å². The molecule has 0 radical (unpaired) electrons. The highest BCUT2D eigenvalue weighted by Crippen LogP contribution is 2.20. The third-order valence-corrected chi connectivity index (χ3v) is 3.75. The standard InChI is InChI=1S/C18H18N2O3/c21-18(22)15-3-1-14(2-4-15)13-19-16-5-7-17(8-6-16)20-9-11-23-12-10-20/h1-8,13H,9-12H2,(H,21,22). The summed E-state index contributed by atoms with van der Waals surface area (Å²) in [5, 5.41) is 8.87. The number of carboxylic acid groups (broad SMARTS) is 1. The number of rotatable bonds is 4. The zero-order chi connectivity index (χ0) is 16.1. The van der Waals surface area contributed by atoms with Crippen molar-refractivity contribution in [3.8, 4) is 0 Å². The van der Waals surface area contributed by atoms with E-state index in [-0.39, 0.29) is 5.56 Å². The average molecular weight is 310 g/mol. The molecule has 1 aliphatic heterocycles. The second kappa shape index (κ2) is 7.07. The summed E-state index contributed by atoms with van der Waals surface area (Å²) in [5.41, 5.74) is 3.19. The molecule has 1 N–H and O–H groups in total. The number of aromatic carboxylic acids is 1. The molecule has 5 heteroatoms. The summed E-state index contributed by atoms with van der Waals surface area (Å²) in [5.74, 6) is -0.924. The lowest BCUT2D eigenvalue weighted by molar-refractivity contribution is 0.0697. The van der Waals surface area contributed by atoms with Gasteiger partial charge in [0.25, 0.3) is 0 Å². The van der Waals surface area contributed by atoms with Gasteiger partial charge in [-0.2, -0.15) is 0 Å². The van der Waals surface area contributed by atoms with Gasteiger partial charge < -0.3 is 14.7 Å². The van der Waals surface area contributed by atoms with E-state index in [0.29, 0.717) is 0 Å². The van der Waals surface area contributed by atoms with Crippen LogP contribution in [-0.2, 0) is 4.74 Å². The zero-order valence-corrected chi connectivity index (χ0v) is 12.7. The number of benzene rings is 2. The summed E-state index contributed by atoms with van der Waals surface area (Å²) in [6, 6.07) is 14.7. The maximum absolute atomic E-state index is 10.8. The molecule has 1 heterocycles. The normalized spacial score (nSPS) is 15.0. The van der Waals surface area contributed by atoms with Crippen LogP contribution in [0, 0.1) is 0 Å². The number of ether oxygens (including phenoxy) is 1. The average Bonchev–Trinajstić information content (AvgIpc) is 2.61. The van der Waals surface area contributed by atoms with Gasteiger partial charge in [-0.1, -0.05) is 12.1 Å². The fourth-order valence-corrected chi connectivity index (χ4v) is 2.43. The third-order valence-electron chi connectivity index (χ3n) is 3.75. The molecular formula is C18H18N2O3. The van der Waals surface area contributed by atoms with Crippen LogP contribution in [0.5, 0.6) is 0 Å². The van der Waals surface area contributed by atoms with Gasteiger partial charge in [-0.3, -0.25) is 4.99 Å². The second-order valence-corrected chi connectivity index (χ2v) is 5.30. The van der Waals surface area contributed by atoms with Crippen LogP contribution in [0.3, 0.4) is 0 Å². The Labute approximate surface area is 134 Å². The van der Waals surface area contributed by atoms with Gasteiger partial charge in [0.15, 0.2) is 0 Å². The Bertz CT molecular complexity index is 687. The van der Waals surface area contributed by atoms with Crippen molar-refractivity contribution in [2.24, 2.45) is 4.99 Å². The molecule has 0 spiro atoms. The summed E-state index contributed by atoms with van der Waals surface area (Å²) in [4.78, 5) is 17.5. The van der Waals surface area contributed by atoms with Crippen molar-refractivity contribution in [1.29, 1.82) is 0 Å². The van der Waals surface area contributed by atoms with E-state index in [2.05, 4.69) is 22.0 Å². The van der Waals surface area contributed by atoms with Crippen molar-refractivity contribution >= 4 is 23.6 Å². The lowest BCUT2D eigenvalue weighted by Gasteiger charge is -2.28. The van der Waals surface area contributed by atoms with Gasteiger partial charge in [-0.15, -0.1) is 0 Å². The lowest BCUT2D eigenvalue weighted by Crippen LogP contribution is -2.36. The first-order chi connectivity index (χ1) is 11.2. The van der Waals surface area contributed by atoms with Crippen molar-refractivity contribution in [3.63, 3.8) is 0 Å². The quantitative estimate of drug-likeness (QED) is 0.882. The van der Waals surface area contributed by atoms with Gasteiger partial charge in [0.05, 0.1) is 24.5 Å². The molecule has 23 heavy (non-hydrogen) atoms. The highest BCUT2D eigenvalue weighted by molar-refractivity contribution is 5.89. The maximum Gasteiger partial charge on any atom is 0.335 e. The van der Waals surface area contributed by atoms with Gasteiger partial charge >= 0.3 is 5.97 Å². The van der Waals surface area contributed by atoms with E-state index in [1.165, 1.54) is 5.69 Å². The third kappa shape index (κ3) is 3.96. The van der Waals surface area contributed by atoms with E-state index < -0.39 is 5.97 Å². The Hall–Kier alpha value is -2.66. The van der Waals surface area contributed by atoms with Crippen LogP contribution in [0.2, 0.25) is 0 Å². The van der Waals surface area contributed by atoms with E-state index in [0.717, 1.165) is 37.6 Å². The SMILES string of the molecule is O=C(O)c1ccc(C=Nc2ccc(N3CCOCC3)cc2)cc1. The number of morpholine rings is 1. The molecule has 118 valence electrons. The summed E-state index contributed by atoms with van der Waals surface area (Å²) < 4.78 is 5.35. The molecule has 0 bridgehead atoms. The fourth-order valence-electron chi connectivity index (χ4n) is 2.43. The molecule has 0 saturated carbocycles. The maximum atomic E-state index is 10.8. The van der Waals surface area contributed by atoms with Crippen molar-refractivity contribution in [2.75, 3.05) is 31.2 Å².